The van der Waals surface area contributed by atoms with E-state index < -0.39 is 10.0 Å². The molecule has 3 rings (SSSR count). The molecule has 0 heterocycles. The SMILES string of the molecule is Cc1ccc(-c2ccc(C#N)c(C#N)c2)cc1NS(=O)(=O)c1ccc(Cl)cc1. The minimum atomic E-state index is -3.78. The van der Waals surface area contributed by atoms with Crippen LogP contribution in [0.1, 0.15) is 16.7 Å². The normalized spacial score (nSPS) is 10.7. The number of nitrogens with zero attached hydrogens (tertiary/aromatic N) is 2. The molecule has 3 aromatic rings. The molecule has 1 N–H and O–H groups in total. The van der Waals surface area contributed by atoms with E-state index in [0.29, 0.717) is 21.8 Å². The van der Waals surface area contributed by atoms with Gasteiger partial charge in [-0.1, -0.05) is 29.8 Å². The molecule has 0 saturated carbocycles. The van der Waals surface area contributed by atoms with Crippen LogP contribution < -0.4 is 4.72 Å². The van der Waals surface area contributed by atoms with E-state index in [0.717, 1.165) is 11.1 Å². The Kier molecular flexibility index (Phi) is 5.37. The van der Waals surface area contributed by atoms with Gasteiger partial charge in [0.25, 0.3) is 10.0 Å². The number of halogens is 1. The molecule has 0 aliphatic rings. The van der Waals surface area contributed by atoms with E-state index in [1.165, 1.54) is 24.3 Å². The first-order chi connectivity index (χ1) is 13.3. The summed E-state index contributed by atoms with van der Waals surface area (Å²) in [6.07, 6.45) is 0. The lowest BCUT2D eigenvalue weighted by molar-refractivity contribution is 0.601. The maximum atomic E-state index is 12.7. The van der Waals surface area contributed by atoms with Gasteiger partial charge in [-0.25, -0.2) is 8.42 Å². The van der Waals surface area contributed by atoms with Gasteiger partial charge in [0, 0.05) is 5.02 Å². The number of nitriles is 2. The summed E-state index contributed by atoms with van der Waals surface area (Å²) in [5.74, 6) is 0. The Hall–Kier alpha value is -3.32. The predicted octanol–water partition coefficient (Wildman–Crippen LogP) is 4.86. The van der Waals surface area contributed by atoms with Crippen molar-refractivity contribution in [3.8, 4) is 23.3 Å². The van der Waals surface area contributed by atoms with Crippen LogP contribution in [-0.4, -0.2) is 8.42 Å². The van der Waals surface area contributed by atoms with Crippen LogP contribution in [0.3, 0.4) is 0 Å². The minimum absolute atomic E-state index is 0.104. The number of hydrogen-bond donors (Lipinski definition) is 1. The summed E-state index contributed by atoms with van der Waals surface area (Å²) < 4.78 is 27.9. The highest BCUT2D eigenvalue weighted by molar-refractivity contribution is 7.92. The zero-order valence-corrected chi connectivity index (χ0v) is 16.3. The van der Waals surface area contributed by atoms with Crippen LogP contribution in [0.25, 0.3) is 11.1 Å². The zero-order chi connectivity index (χ0) is 20.3. The van der Waals surface area contributed by atoms with Gasteiger partial charge in [-0.15, -0.1) is 0 Å². The van der Waals surface area contributed by atoms with Crippen LogP contribution in [0.15, 0.2) is 65.6 Å². The molecule has 0 radical (unpaired) electrons. The average Bonchev–Trinajstić information content (AvgIpc) is 2.69. The summed E-state index contributed by atoms with van der Waals surface area (Å²) in [6.45, 7) is 1.79. The molecular formula is C21H14ClN3O2S. The molecule has 3 aromatic carbocycles. The van der Waals surface area contributed by atoms with E-state index in [1.807, 2.05) is 18.2 Å². The molecule has 0 atom stereocenters. The fourth-order valence-corrected chi connectivity index (χ4v) is 3.89. The molecule has 0 fully saturated rings. The number of benzene rings is 3. The Morgan fingerprint density at radius 2 is 1.46 bits per heavy atom. The molecule has 0 spiro atoms. The zero-order valence-electron chi connectivity index (χ0n) is 14.8. The molecule has 0 unspecified atom stereocenters. The molecule has 0 saturated heterocycles. The predicted molar refractivity (Wildman–Crippen MR) is 108 cm³/mol. The second-order valence-electron chi connectivity index (χ2n) is 6.07. The summed E-state index contributed by atoms with van der Waals surface area (Å²) in [6, 6.07) is 20.1. The van der Waals surface area contributed by atoms with Crippen molar-refractivity contribution < 1.29 is 8.42 Å². The second-order valence-corrected chi connectivity index (χ2v) is 8.19. The van der Waals surface area contributed by atoms with Crippen LogP contribution >= 0.6 is 11.6 Å². The molecule has 0 aliphatic carbocycles. The fourth-order valence-electron chi connectivity index (χ4n) is 2.64. The summed E-state index contributed by atoms with van der Waals surface area (Å²) in [7, 11) is -3.78. The van der Waals surface area contributed by atoms with E-state index in [1.54, 1.807) is 37.3 Å². The summed E-state index contributed by atoms with van der Waals surface area (Å²) in [5, 5.41) is 18.7. The van der Waals surface area contributed by atoms with Crippen LogP contribution in [0, 0.1) is 29.6 Å². The van der Waals surface area contributed by atoms with E-state index >= 15 is 0 Å². The highest BCUT2D eigenvalue weighted by atomic mass is 35.5. The average molecular weight is 408 g/mol. The van der Waals surface area contributed by atoms with Crippen LogP contribution in [-0.2, 0) is 10.0 Å². The number of aryl methyl sites for hydroxylation is 1. The van der Waals surface area contributed by atoms with Gasteiger partial charge in [-0.3, -0.25) is 4.72 Å². The smallest absolute Gasteiger partial charge is 0.261 e. The number of hydrogen-bond acceptors (Lipinski definition) is 4. The number of anilines is 1. The number of rotatable bonds is 4. The number of sulfonamides is 1. The molecule has 0 aromatic heterocycles. The maximum Gasteiger partial charge on any atom is 0.261 e. The monoisotopic (exact) mass is 407 g/mol. The fraction of sp³-hybridized carbons (Fsp3) is 0.0476. The van der Waals surface area contributed by atoms with E-state index in [4.69, 9.17) is 16.9 Å². The van der Waals surface area contributed by atoms with Gasteiger partial charge in [-0.05, 0) is 66.1 Å². The lowest BCUT2D eigenvalue weighted by Gasteiger charge is -2.13. The van der Waals surface area contributed by atoms with Gasteiger partial charge in [0.15, 0.2) is 0 Å². The van der Waals surface area contributed by atoms with Crippen LogP contribution in [0.4, 0.5) is 5.69 Å². The Labute approximate surface area is 168 Å². The van der Waals surface area contributed by atoms with Crippen molar-refractivity contribution in [3.05, 3.63) is 82.4 Å². The first kappa shape index (κ1) is 19.4. The molecular weight excluding hydrogens is 394 g/mol. The molecule has 28 heavy (non-hydrogen) atoms. The third kappa shape index (κ3) is 3.99. The first-order valence-corrected chi connectivity index (χ1v) is 10.0. The highest BCUT2D eigenvalue weighted by Crippen LogP contribution is 2.28. The molecule has 5 nitrogen and oxygen atoms in total. The summed E-state index contributed by atoms with van der Waals surface area (Å²) in [4.78, 5) is 0.104. The highest BCUT2D eigenvalue weighted by Gasteiger charge is 2.16. The third-order valence-electron chi connectivity index (χ3n) is 4.20. The van der Waals surface area contributed by atoms with Crippen molar-refractivity contribution in [2.24, 2.45) is 0 Å². The van der Waals surface area contributed by atoms with Crippen molar-refractivity contribution in [2.45, 2.75) is 11.8 Å². The molecule has 7 heteroatoms. The van der Waals surface area contributed by atoms with Crippen molar-refractivity contribution in [3.63, 3.8) is 0 Å². The van der Waals surface area contributed by atoms with Crippen molar-refractivity contribution >= 4 is 27.3 Å². The van der Waals surface area contributed by atoms with Crippen molar-refractivity contribution in [1.82, 2.24) is 0 Å². The second kappa shape index (κ2) is 7.74. The van der Waals surface area contributed by atoms with E-state index in [2.05, 4.69) is 4.72 Å². The minimum Gasteiger partial charge on any atom is -0.279 e. The van der Waals surface area contributed by atoms with Crippen molar-refractivity contribution in [2.75, 3.05) is 4.72 Å². The molecule has 0 aliphatic heterocycles. The van der Waals surface area contributed by atoms with Gasteiger partial charge < -0.3 is 0 Å². The molecule has 0 amide bonds. The van der Waals surface area contributed by atoms with Crippen LogP contribution in [0.2, 0.25) is 5.02 Å². The van der Waals surface area contributed by atoms with E-state index in [9.17, 15) is 13.7 Å². The van der Waals surface area contributed by atoms with Crippen LogP contribution in [0.5, 0.6) is 0 Å². The van der Waals surface area contributed by atoms with Gasteiger partial charge in [0.2, 0.25) is 0 Å². The Balaban J connectivity index is 2.00. The standard InChI is InChI=1S/C21H14ClN3O2S/c1-14-2-3-16(15-4-5-17(12-23)18(10-15)13-24)11-21(14)25-28(26,27)20-8-6-19(22)7-9-20/h2-11,25H,1H3. The lowest BCUT2D eigenvalue weighted by atomic mass is 9.99. The molecule has 0 bridgehead atoms. The van der Waals surface area contributed by atoms with Gasteiger partial charge >= 0.3 is 0 Å². The quantitative estimate of drug-likeness (QED) is 0.668. The third-order valence-corrected chi connectivity index (χ3v) is 5.83. The first-order valence-electron chi connectivity index (χ1n) is 8.18. The lowest BCUT2D eigenvalue weighted by Crippen LogP contribution is -2.13. The Bertz CT molecular complexity index is 1240. The largest absolute Gasteiger partial charge is 0.279 e. The summed E-state index contributed by atoms with van der Waals surface area (Å²) in [5.41, 5.74) is 3.17. The van der Waals surface area contributed by atoms with Crippen molar-refractivity contribution in [1.29, 1.82) is 10.5 Å². The maximum absolute atomic E-state index is 12.7. The Morgan fingerprint density at radius 3 is 2.11 bits per heavy atom. The summed E-state index contributed by atoms with van der Waals surface area (Å²) >= 11 is 5.82. The van der Waals surface area contributed by atoms with E-state index in [-0.39, 0.29) is 10.5 Å². The molecule has 138 valence electrons. The van der Waals surface area contributed by atoms with Gasteiger partial charge in [-0.2, -0.15) is 10.5 Å². The van der Waals surface area contributed by atoms with Gasteiger partial charge in [0.1, 0.15) is 12.1 Å². The number of nitrogens with one attached hydrogen (secondary N) is 1. The van der Waals surface area contributed by atoms with Gasteiger partial charge in [0.05, 0.1) is 21.7 Å². The Morgan fingerprint density at radius 1 is 0.857 bits per heavy atom. The topological polar surface area (TPSA) is 93.8 Å².